The average Bonchev–Trinajstić information content (AvgIpc) is 2.45. The third-order valence-electron chi connectivity index (χ3n) is 4.21. The van der Waals surface area contributed by atoms with Gasteiger partial charge in [0.1, 0.15) is 0 Å². The largest absolute Gasteiger partial charge is 0.376 e. The van der Waals surface area contributed by atoms with Crippen molar-refractivity contribution in [1.82, 2.24) is 5.32 Å². The third-order valence-corrected chi connectivity index (χ3v) is 4.21. The van der Waals surface area contributed by atoms with Crippen molar-refractivity contribution >= 4 is 10.8 Å². The monoisotopic (exact) mass is 279 g/mol. The zero-order chi connectivity index (χ0) is 15.6. The van der Waals surface area contributed by atoms with Crippen LogP contribution in [-0.4, -0.2) is 0 Å². The minimum atomic E-state index is -0.288. The highest BCUT2D eigenvalue weighted by Gasteiger charge is 2.27. The van der Waals surface area contributed by atoms with Crippen LogP contribution >= 0.6 is 0 Å². The molecule has 0 aromatic heterocycles. The van der Waals surface area contributed by atoms with Gasteiger partial charge in [-0.25, -0.2) is 0 Å². The van der Waals surface area contributed by atoms with Crippen molar-refractivity contribution in [3.63, 3.8) is 0 Å². The van der Waals surface area contributed by atoms with Gasteiger partial charge in [-0.3, -0.25) is 0 Å². The molecule has 0 aliphatic heterocycles. The second-order valence-electron chi connectivity index (χ2n) is 6.06. The fourth-order valence-corrected chi connectivity index (χ4v) is 2.68. The summed E-state index contributed by atoms with van der Waals surface area (Å²) in [6, 6.07) is 13.3. The highest BCUT2D eigenvalue weighted by atomic mass is 15.0. The van der Waals surface area contributed by atoms with Crippen molar-refractivity contribution in [2.75, 3.05) is 0 Å². The first-order chi connectivity index (χ1) is 9.86. The molecule has 1 atom stereocenters. The van der Waals surface area contributed by atoms with Gasteiger partial charge >= 0.3 is 0 Å². The highest BCUT2D eigenvalue weighted by molar-refractivity contribution is 5.84. The lowest BCUT2D eigenvalue weighted by Gasteiger charge is -2.33. The molecule has 0 unspecified atom stereocenters. The van der Waals surface area contributed by atoms with Crippen LogP contribution in [0.15, 0.2) is 60.8 Å². The van der Waals surface area contributed by atoms with Gasteiger partial charge < -0.3 is 5.32 Å². The van der Waals surface area contributed by atoms with E-state index in [2.05, 4.69) is 75.6 Å². The first-order valence-corrected chi connectivity index (χ1v) is 7.49. The molecular weight excluding hydrogens is 254 g/mol. The Morgan fingerprint density at radius 1 is 1.05 bits per heavy atom. The summed E-state index contributed by atoms with van der Waals surface area (Å²) in [7, 11) is 0. The maximum atomic E-state index is 4.16. The fourth-order valence-electron chi connectivity index (χ4n) is 2.68. The number of hydrogen-bond donors (Lipinski definition) is 1. The summed E-state index contributed by atoms with van der Waals surface area (Å²) >= 11 is 0. The van der Waals surface area contributed by atoms with E-state index in [1.165, 1.54) is 21.9 Å². The quantitative estimate of drug-likeness (QED) is 0.731. The van der Waals surface area contributed by atoms with Crippen LogP contribution in [0.2, 0.25) is 0 Å². The van der Waals surface area contributed by atoms with Crippen molar-refractivity contribution in [2.24, 2.45) is 0 Å². The molecule has 0 spiro atoms. The number of allylic oxidation sites excluding steroid dienone is 1. The number of nitrogens with one attached hydrogen (secondary N) is 1. The lowest BCUT2D eigenvalue weighted by molar-refractivity contribution is 0.480. The minimum absolute atomic E-state index is 0.288. The number of fused-ring (bicyclic) bond motifs is 1. The van der Waals surface area contributed by atoms with E-state index in [0.717, 1.165) is 17.7 Å². The van der Waals surface area contributed by atoms with Gasteiger partial charge in [0.2, 0.25) is 0 Å². The highest BCUT2D eigenvalue weighted by Crippen LogP contribution is 2.31. The van der Waals surface area contributed by atoms with E-state index >= 15 is 0 Å². The first-order valence-electron chi connectivity index (χ1n) is 7.49. The Morgan fingerprint density at radius 2 is 1.67 bits per heavy atom. The van der Waals surface area contributed by atoms with Crippen molar-refractivity contribution < 1.29 is 0 Å². The van der Waals surface area contributed by atoms with E-state index in [0.29, 0.717) is 0 Å². The van der Waals surface area contributed by atoms with Crippen LogP contribution in [-0.2, 0) is 12.0 Å². The van der Waals surface area contributed by atoms with E-state index in [9.17, 15) is 0 Å². The lowest BCUT2D eigenvalue weighted by Crippen LogP contribution is -2.39. The topological polar surface area (TPSA) is 12.0 Å². The molecule has 21 heavy (non-hydrogen) atoms. The van der Waals surface area contributed by atoms with Crippen LogP contribution in [0.1, 0.15) is 38.8 Å². The molecular formula is C20H25N. The molecule has 0 fully saturated rings. The van der Waals surface area contributed by atoms with Crippen LogP contribution in [0.3, 0.4) is 0 Å². The fraction of sp³-hybridized carbons (Fsp3) is 0.300. The summed E-state index contributed by atoms with van der Waals surface area (Å²) in [6.07, 6.45) is 1.07. The molecule has 0 saturated carbocycles. The third kappa shape index (κ3) is 3.02. The molecule has 1 nitrogen and oxygen atoms in total. The molecule has 2 aromatic rings. The number of rotatable bonds is 5. The van der Waals surface area contributed by atoms with Gasteiger partial charge in [0.15, 0.2) is 0 Å². The molecule has 0 heterocycles. The normalized spacial score (nSPS) is 13.7. The predicted octanol–water partition coefficient (Wildman–Crippen LogP) is 5.32. The summed E-state index contributed by atoms with van der Waals surface area (Å²) < 4.78 is 0. The Kier molecular flexibility index (Phi) is 4.22. The van der Waals surface area contributed by atoms with E-state index in [-0.39, 0.29) is 5.54 Å². The van der Waals surface area contributed by atoms with Crippen LogP contribution in [0.4, 0.5) is 0 Å². The molecule has 0 aliphatic carbocycles. The summed E-state index contributed by atoms with van der Waals surface area (Å²) in [6.45, 7) is 16.5. The predicted molar refractivity (Wildman–Crippen MR) is 93.4 cm³/mol. The van der Waals surface area contributed by atoms with E-state index < -0.39 is 0 Å². The Morgan fingerprint density at radius 3 is 2.24 bits per heavy atom. The number of hydrogen-bond acceptors (Lipinski definition) is 1. The summed E-state index contributed by atoms with van der Waals surface area (Å²) in [5, 5.41) is 6.02. The molecule has 2 aromatic carbocycles. The van der Waals surface area contributed by atoms with Gasteiger partial charge in [0.05, 0.1) is 5.54 Å². The van der Waals surface area contributed by atoms with Crippen molar-refractivity contribution in [3.05, 3.63) is 72.0 Å². The SMILES string of the molecule is C=C(C)N[C@](C)(C(=C)C)c1ccc2cc(CC)ccc2c1. The lowest BCUT2D eigenvalue weighted by atomic mass is 9.84. The molecule has 0 saturated heterocycles. The second kappa shape index (κ2) is 5.77. The average molecular weight is 279 g/mol. The standard InChI is InChI=1S/C20H25N/c1-7-16-8-9-18-13-19(11-10-17(18)12-16)20(6,14(2)3)21-15(4)5/h8-13,21H,2,4,7H2,1,3,5-6H3/t20-/m1/s1. The molecule has 0 amide bonds. The smallest absolute Gasteiger partial charge is 0.0802 e. The molecule has 0 radical (unpaired) electrons. The second-order valence-corrected chi connectivity index (χ2v) is 6.06. The number of benzene rings is 2. The van der Waals surface area contributed by atoms with Crippen molar-refractivity contribution in [1.29, 1.82) is 0 Å². The molecule has 2 rings (SSSR count). The molecule has 0 bridgehead atoms. The molecule has 110 valence electrons. The van der Waals surface area contributed by atoms with Gasteiger partial charge in [0, 0.05) is 5.70 Å². The molecule has 0 aliphatic rings. The molecule has 1 heteroatoms. The summed E-state index contributed by atoms with van der Waals surface area (Å²) in [5.41, 5.74) is 4.33. The maximum absolute atomic E-state index is 4.16. The zero-order valence-corrected chi connectivity index (χ0v) is 13.6. The van der Waals surface area contributed by atoms with Gasteiger partial charge in [-0.2, -0.15) is 0 Å². The Balaban J connectivity index is 2.54. The maximum Gasteiger partial charge on any atom is 0.0802 e. The van der Waals surface area contributed by atoms with Crippen LogP contribution in [0.25, 0.3) is 10.8 Å². The van der Waals surface area contributed by atoms with Gasteiger partial charge in [0.25, 0.3) is 0 Å². The van der Waals surface area contributed by atoms with Crippen LogP contribution in [0.5, 0.6) is 0 Å². The summed E-state index contributed by atoms with van der Waals surface area (Å²) in [4.78, 5) is 0. The van der Waals surface area contributed by atoms with Crippen LogP contribution < -0.4 is 5.32 Å². The van der Waals surface area contributed by atoms with Gasteiger partial charge in [-0.1, -0.05) is 56.0 Å². The van der Waals surface area contributed by atoms with Crippen molar-refractivity contribution in [3.8, 4) is 0 Å². The Hall–Kier alpha value is -2.02. The zero-order valence-electron chi connectivity index (χ0n) is 13.6. The summed E-state index contributed by atoms with van der Waals surface area (Å²) in [5.74, 6) is 0. The Labute approximate surface area is 128 Å². The minimum Gasteiger partial charge on any atom is -0.376 e. The number of aryl methyl sites for hydroxylation is 1. The molecule has 1 N–H and O–H groups in total. The van der Waals surface area contributed by atoms with E-state index in [4.69, 9.17) is 0 Å². The first kappa shape index (κ1) is 15.4. The van der Waals surface area contributed by atoms with Crippen LogP contribution in [0, 0.1) is 0 Å². The van der Waals surface area contributed by atoms with Gasteiger partial charge in [-0.15, -0.1) is 0 Å². The van der Waals surface area contributed by atoms with E-state index in [1.807, 2.05) is 6.92 Å². The Bertz CT molecular complexity index is 696. The van der Waals surface area contributed by atoms with Gasteiger partial charge in [-0.05, 0) is 55.2 Å². The van der Waals surface area contributed by atoms with E-state index in [1.54, 1.807) is 0 Å². The van der Waals surface area contributed by atoms with Crippen molar-refractivity contribution in [2.45, 2.75) is 39.7 Å².